The Kier molecular flexibility index (Phi) is 3.42. The molecular formula is C11H11FO2S. The molecule has 15 heavy (non-hydrogen) atoms. The van der Waals surface area contributed by atoms with Crippen molar-refractivity contribution in [2.75, 3.05) is 0 Å². The highest BCUT2D eigenvalue weighted by Crippen LogP contribution is 2.13. The van der Waals surface area contributed by atoms with Gasteiger partial charge in [0.05, 0.1) is 4.90 Å². The molecule has 0 atom stereocenters. The molecule has 0 saturated carbocycles. The molecule has 0 amide bonds. The normalized spacial score (nSPS) is 11.9. The minimum Gasteiger partial charge on any atom is -0.219 e. The van der Waals surface area contributed by atoms with Crippen molar-refractivity contribution in [2.45, 2.75) is 11.8 Å². The lowest BCUT2D eigenvalue weighted by Crippen LogP contribution is -1.95. The molecule has 1 aromatic rings. The van der Waals surface area contributed by atoms with Crippen molar-refractivity contribution in [2.24, 2.45) is 0 Å². The van der Waals surface area contributed by atoms with Gasteiger partial charge in [-0.1, -0.05) is 24.3 Å². The van der Waals surface area contributed by atoms with Crippen LogP contribution in [0.2, 0.25) is 0 Å². The zero-order chi connectivity index (χ0) is 11.5. The van der Waals surface area contributed by atoms with E-state index in [1.165, 1.54) is 12.1 Å². The lowest BCUT2D eigenvalue weighted by atomic mass is 10.2. The van der Waals surface area contributed by atoms with E-state index < -0.39 is 15.7 Å². The maximum Gasteiger partial charge on any atom is 0.199 e. The second kappa shape index (κ2) is 4.40. The van der Waals surface area contributed by atoms with Crippen LogP contribution in [0.25, 0.3) is 0 Å². The van der Waals surface area contributed by atoms with Gasteiger partial charge in [-0.3, -0.25) is 0 Å². The monoisotopic (exact) mass is 226 g/mol. The molecule has 0 aliphatic carbocycles. The molecule has 80 valence electrons. The second-order valence-electron chi connectivity index (χ2n) is 3.11. The van der Waals surface area contributed by atoms with Crippen molar-refractivity contribution in [3.63, 3.8) is 0 Å². The van der Waals surface area contributed by atoms with Crippen LogP contribution in [0.1, 0.15) is 5.56 Å². The molecule has 1 rings (SSSR count). The van der Waals surface area contributed by atoms with E-state index in [0.717, 1.165) is 17.0 Å². The molecule has 0 aliphatic rings. The fraction of sp³-hybridized carbons (Fsp3) is 0.0909. The molecular weight excluding hydrogens is 215 g/mol. The number of benzene rings is 1. The van der Waals surface area contributed by atoms with E-state index in [0.29, 0.717) is 0 Å². The maximum atomic E-state index is 12.3. The molecule has 0 bridgehead atoms. The first-order chi connectivity index (χ1) is 6.92. The summed E-state index contributed by atoms with van der Waals surface area (Å²) >= 11 is 0. The van der Waals surface area contributed by atoms with Gasteiger partial charge in [0.1, 0.15) is 5.83 Å². The highest BCUT2D eigenvalue weighted by molar-refractivity contribution is 7.94. The van der Waals surface area contributed by atoms with Crippen LogP contribution in [0.15, 0.2) is 53.1 Å². The second-order valence-corrected chi connectivity index (χ2v) is 4.94. The fourth-order valence-corrected chi connectivity index (χ4v) is 1.97. The first-order valence-corrected chi connectivity index (χ1v) is 5.81. The maximum absolute atomic E-state index is 12.3. The van der Waals surface area contributed by atoms with Gasteiger partial charge in [-0.25, -0.2) is 12.8 Å². The van der Waals surface area contributed by atoms with Gasteiger partial charge >= 0.3 is 0 Å². The summed E-state index contributed by atoms with van der Waals surface area (Å²) in [4.78, 5) is 0.144. The summed E-state index contributed by atoms with van der Waals surface area (Å²) in [6, 6.07) is 6.34. The fourth-order valence-electron chi connectivity index (χ4n) is 0.970. The smallest absolute Gasteiger partial charge is 0.199 e. The molecule has 0 spiro atoms. The number of rotatable bonds is 3. The number of aryl methyl sites for hydroxylation is 1. The Balaban J connectivity index is 3.07. The summed E-state index contributed by atoms with van der Waals surface area (Å²) in [6.45, 7) is 4.80. The van der Waals surface area contributed by atoms with Crippen molar-refractivity contribution >= 4 is 9.84 Å². The largest absolute Gasteiger partial charge is 0.219 e. The van der Waals surface area contributed by atoms with Gasteiger partial charge in [0.2, 0.25) is 0 Å². The van der Waals surface area contributed by atoms with Crippen LogP contribution in [0.3, 0.4) is 0 Å². The zero-order valence-corrected chi connectivity index (χ0v) is 9.09. The molecule has 1 aromatic carbocycles. The molecule has 0 radical (unpaired) electrons. The molecule has 0 aromatic heterocycles. The third-order valence-electron chi connectivity index (χ3n) is 1.78. The van der Waals surface area contributed by atoms with Gasteiger partial charge < -0.3 is 0 Å². The summed E-state index contributed by atoms with van der Waals surface area (Å²) in [5, 5.41) is 0.806. The van der Waals surface area contributed by atoms with Crippen LogP contribution in [-0.4, -0.2) is 8.42 Å². The summed E-state index contributed by atoms with van der Waals surface area (Å²) in [5.74, 6) is -0.786. The SMILES string of the molecule is C=C(F)/C=C/S(=O)(=O)c1ccc(C)cc1. The Morgan fingerprint density at radius 2 is 1.87 bits per heavy atom. The van der Waals surface area contributed by atoms with Gasteiger partial charge in [0.25, 0.3) is 0 Å². The number of halogens is 1. The predicted molar refractivity (Wildman–Crippen MR) is 57.8 cm³/mol. The van der Waals surface area contributed by atoms with Gasteiger partial charge in [0, 0.05) is 5.41 Å². The Morgan fingerprint density at radius 3 is 2.33 bits per heavy atom. The van der Waals surface area contributed by atoms with Crippen LogP contribution in [-0.2, 0) is 9.84 Å². The van der Waals surface area contributed by atoms with E-state index in [-0.39, 0.29) is 4.90 Å². The number of hydrogen-bond donors (Lipinski definition) is 0. The molecule has 0 heterocycles. The van der Waals surface area contributed by atoms with Crippen LogP contribution in [0, 0.1) is 6.92 Å². The Hall–Kier alpha value is -1.42. The average molecular weight is 226 g/mol. The minimum atomic E-state index is -3.55. The number of allylic oxidation sites excluding steroid dienone is 2. The molecule has 0 N–H and O–H groups in total. The highest BCUT2D eigenvalue weighted by atomic mass is 32.2. The van der Waals surface area contributed by atoms with E-state index in [1.54, 1.807) is 12.1 Å². The third kappa shape index (κ3) is 3.32. The molecule has 2 nitrogen and oxygen atoms in total. The first-order valence-electron chi connectivity index (χ1n) is 4.26. The number of hydrogen-bond acceptors (Lipinski definition) is 2. The van der Waals surface area contributed by atoms with Crippen molar-refractivity contribution in [3.8, 4) is 0 Å². The van der Waals surface area contributed by atoms with Gasteiger partial charge in [-0.05, 0) is 25.1 Å². The van der Waals surface area contributed by atoms with E-state index in [9.17, 15) is 12.8 Å². The molecule has 4 heteroatoms. The summed E-state index contributed by atoms with van der Waals surface area (Å²) < 4.78 is 35.4. The van der Waals surface area contributed by atoms with Gasteiger partial charge in [-0.15, -0.1) is 0 Å². The molecule has 0 aliphatic heterocycles. The Bertz CT molecular complexity index is 484. The van der Waals surface area contributed by atoms with Crippen molar-refractivity contribution < 1.29 is 12.8 Å². The van der Waals surface area contributed by atoms with Crippen LogP contribution < -0.4 is 0 Å². The van der Waals surface area contributed by atoms with E-state index in [2.05, 4.69) is 6.58 Å². The molecule has 0 saturated heterocycles. The molecule has 0 fully saturated rings. The third-order valence-corrected chi connectivity index (χ3v) is 3.20. The lowest BCUT2D eigenvalue weighted by molar-refractivity contribution is 0.604. The van der Waals surface area contributed by atoms with E-state index in [1.807, 2.05) is 6.92 Å². The Labute approximate surface area is 88.7 Å². The minimum absolute atomic E-state index is 0.144. The zero-order valence-electron chi connectivity index (χ0n) is 8.27. The van der Waals surface area contributed by atoms with E-state index in [4.69, 9.17) is 0 Å². The molecule has 0 unspecified atom stereocenters. The first kappa shape index (κ1) is 11.7. The van der Waals surface area contributed by atoms with Crippen molar-refractivity contribution in [3.05, 3.63) is 53.7 Å². The van der Waals surface area contributed by atoms with Crippen molar-refractivity contribution in [1.82, 2.24) is 0 Å². The standard InChI is InChI=1S/C11H11FO2S/c1-9-3-5-11(6-4-9)15(13,14)8-7-10(2)12/h3-8H,2H2,1H3/b8-7+. The van der Waals surface area contributed by atoms with E-state index >= 15 is 0 Å². The average Bonchev–Trinajstić information content (AvgIpc) is 2.16. The van der Waals surface area contributed by atoms with Crippen LogP contribution >= 0.6 is 0 Å². The topological polar surface area (TPSA) is 34.1 Å². The Morgan fingerprint density at radius 1 is 1.33 bits per heavy atom. The lowest BCUT2D eigenvalue weighted by Gasteiger charge is -1.98. The predicted octanol–water partition coefficient (Wildman–Crippen LogP) is 2.77. The summed E-state index contributed by atoms with van der Waals surface area (Å²) in [7, 11) is -3.55. The summed E-state index contributed by atoms with van der Waals surface area (Å²) in [6.07, 6.45) is 0.829. The van der Waals surface area contributed by atoms with Crippen molar-refractivity contribution in [1.29, 1.82) is 0 Å². The summed E-state index contributed by atoms with van der Waals surface area (Å²) in [5.41, 5.74) is 0.966. The van der Waals surface area contributed by atoms with Gasteiger partial charge in [0.15, 0.2) is 9.84 Å². The quantitative estimate of drug-likeness (QED) is 0.743. The number of sulfone groups is 1. The van der Waals surface area contributed by atoms with Crippen LogP contribution in [0.5, 0.6) is 0 Å². The van der Waals surface area contributed by atoms with Gasteiger partial charge in [-0.2, -0.15) is 0 Å². The highest BCUT2D eigenvalue weighted by Gasteiger charge is 2.09. The van der Waals surface area contributed by atoms with Crippen LogP contribution in [0.4, 0.5) is 4.39 Å².